The largest absolute Gasteiger partial charge is 0.397 e. The Morgan fingerprint density at radius 2 is 1.08 bits per heavy atom. The van der Waals surface area contributed by atoms with Crippen LogP contribution in [0.25, 0.3) is 0 Å². The van der Waals surface area contributed by atoms with Crippen LogP contribution in [0.4, 0.5) is 11.4 Å². The van der Waals surface area contributed by atoms with Crippen LogP contribution in [0, 0.1) is 0 Å². The number of anilines is 2. The van der Waals surface area contributed by atoms with Gasteiger partial charge in [-0.2, -0.15) is 0 Å². The van der Waals surface area contributed by atoms with Crippen LogP contribution < -0.4 is 11.5 Å². The summed E-state index contributed by atoms with van der Waals surface area (Å²) in [4.78, 5) is 49.6. The monoisotopic (exact) mass is 322 g/mol. The average Bonchev–Trinajstić information content (AvgIpc) is 2.53. The highest BCUT2D eigenvalue weighted by Crippen LogP contribution is 2.39. The molecule has 0 fully saturated rings. The number of Topliss-reactive ketones (excluding diaryl/α,β-unsaturated/α-hetero) is 2. The van der Waals surface area contributed by atoms with Crippen LogP contribution >= 0.6 is 0 Å². The van der Waals surface area contributed by atoms with Gasteiger partial charge in [-0.15, -0.1) is 0 Å². The van der Waals surface area contributed by atoms with E-state index in [1.807, 2.05) is 0 Å². The molecule has 1 aliphatic carbocycles. The molecule has 0 bridgehead atoms. The van der Waals surface area contributed by atoms with E-state index < -0.39 is 23.1 Å². The Morgan fingerprint density at radius 1 is 0.750 bits per heavy atom. The van der Waals surface area contributed by atoms with E-state index in [0.29, 0.717) is 0 Å². The van der Waals surface area contributed by atoms with Crippen molar-refractivity contribution >= 4 is 34.5 Å². The van der Waals surface area contributed by atoms with E-state index in [-0.39, 0.29) is 44.8 Å². The van der Waals surface area contributed by atoms with Gasteiger partial charge in [0.05, 0.1) is 33.6 Å². The maximum absolute atomic E-state index is 12.8. The fraction of sp³-hybridized carbons (Fsp3) is 0.111. The van der Waals surface area contributed by atoms with Gasteiger partial charge < -0.3 is 11.5 Å². The van der Waals surface area contributed by atoms with E-state index in [0.717, 1.165) is 0 Å². The summed E-state index contributed by atoms with van der Waals surface area (Å²) in [5.41, 5.74) is 11.7. The molecule has 2 aromatic carbocycles. The van der Waals surface area contributed by atoms with Crippen LogP contribution in [0.15, 0.2) is 24.3 Å². The predicted octanol–water partition coefficient (Wildman–Crippen LogP) is 2.03. The highest BCUT2D eigenvalue weighted by Gasteiger charge is 2.37. The molecule has 3 rings (SSSR count). The Morgan fingerprint density at radius 3 is 1.38 bits per heavy atom. The smallest absolute Gasteiger partial charge is 0.196 e. The zero-order chi connectivity index (χ0) is 17.8. The average molecular weight is 322 g/mol. The lowest BCUT2D eigenvalue weighted by Crippen LogP contribution is -2.27. The van der Waals surface area contributed by atoms with E-state index in [2.05, 4.69) is 0 Å². The Labute approximate surface area is 137 Å². The molecule has 4 N–H and O–H groups in total. The summed E-state index contributed by atoms with van der Waals surface area (Å²) in [6, 6.07) is 6.29. The number of carbonyl (C=O) groups excluding carboxylic acids is 4. The van der Waals surface area contributed by atoms with E-state index >= 15 is 0 Å². The molecule has 0 aliphatic heterocycles. The van der Waals surface area contributed by atoms with Crippen molar-refractivity contribution in [1.29, 1.82) is 0 Å². The molecule has 0 spiro atoms. The van der Waals surface area contributed by atoms with Gasteiger partial charge in [-0.05, 0) is 13.8 Å². The third-order valence-corrected chi connectivity index (χ3v) is 4.15. The van der Waals surface area contributed by atoms with Gasteiger partial charge in [0.25, 0.3) is 0 Å². The summed E-state index contributed by atoms with van der Waals surface area (Å²) >= 11 is 0. The minimum absolute atomic E-state index is 0.105. The molecule has 0 saturated carbocycles. The zero-order valence-corrected chi connectivity index (χ0v) is 13.1. The standard InChI is InChI=1S/C18H14N2O4/c1-7(21)11-12(8(2)22)16(20)14-13(15(11)19)17(23)9-5-3-4-6-10(9)18(14)24/h3-6H,19-20H2,1-2H3. The lowest BCUT2D eigenvalue weighted by Gasteiger charge is -2.24. The Kier molecular flexibility index (Phi) is 3.33. The van der Waals surface area contributed by atoms with Gasteiger partial charge in [-0.25, -0.2) is 0 Å². The number of benzene rings is 2. The number of fused-ring (bicyclic) bond motifs is 2. The first-order valence-corrected chi connectivity index (χ1v) is 7.22. The van der Waals surface area contributed by atoms with Crippen LogP contribution in [0.1, 0.15) is 66.4 Å². The Balaban J connectivity index is 2.50. The zero-order valence-electron chi connectivity index (χ0n) is 13.1. The maximum atomic E-state index is 12.8. The van der Waals surface area contributed by atoms with Crippen molar-refractivity contribution in [2.24, 2.45) is 0 Å². The summed E-state index contributed by atoms with van der Waals surface area (Å²) in [7, 11) is 0. The van der Waals surface area contributed by atoms with Crippen LogP contribution in [-0.2, 0) is 0 Å². The molecule has 1 aliphatic rings. The number of ketones is 4. The maximum Gasteiger partial charge on any atom is 0.196 e. The summed E-state index contributed by atoms with van der Waals surface area (Å²) in [5.74, 6) is -1.96. The minimum atomic E-state index is -0.494. The molecule has 0 heterocycles. The first kappa shape index (κ1) is 15.6. The summed E-state index contributed by atoms with van der Waals surface area (Å²) < 4.78 is 0. The van der Waals surface area contributed by atoms with E-state index in [1.54, 1.807) is 12.1 Å². The van der Waals surface area contributed by atoms with Gasteiger partial charge >= 0.3 is 0 Å². The first-order valence-electron chi connectivity index (χ1n) is 7.22. The number of hydrogen-bond acceptors (Lipinski definition) is 6. The molecule has 0 saturated heterocycles. The van der Waals surface area contributed by atoms with Crippen molar-refractivity contribution in [3.05, 3.63) is 57.6 Å². The molecular formula is C18H14N2O4. The Hall–Kier alpha value is -3.28. The third kappa shape index (κ3) is 1.89. The van der Waals surface area contributed by atoms with E-state index in [9.17, 15) is 19.2 Å². The van der Waals surface area contributed by atoms with Crippen molar-refractivity contribution in [2.75, 3.05) is 11.5 Å². The van der Waals surface area contributed by atoms with Gasteiger partial charge in [0.1, 0.15) is 0 Å². The van der Waals surface area contributed by atoms with Crippen LogP contribution in [0.2, 0.25) is 0 Å². The van der Waals surface area contributed by atoms with E-state index in [4.69, 9.17) is 11.5 Å². The van der Waals surface area contributed by atoms with Crippen molar-refractivity contribution in [1.82, 2.24) is 0 Å². The lowest BCUT2D eigenvalue weighted by molar-refractivity contribution is 0.0972. The van der Waals surface area contributed by atoms with Crippen molar-refractivity contribution in [3.63, 3.8) is 0 Å². The predicted molar refractivity (Wildman–Crippen MR) is 88.6 cm³/mol. The molecule has 6 nitrogen and oxygen atoms in total. The van der Waals surface area contributed by atoms with Crippen molar-refractivity contribution in [2.45, 2.75) is 13.8 Å². The third-order valence-electron chi connectivity index (χ3n) is 4.15. The molecule has 120 valence electrons. The molecule has 2 aromatic rings. The lowest BCUT2D eigenvalue weighted by atomic mass is 9.78. The second kappa shape index (κ2) is 5.13. The number of hydrogen-bond donors (Lipinski definition) is 2. The molecule has 6 heteroatoms. The van der Waals surface area contributed by atoms with Crippen molar-refractivity contribution in [3.8, 4) is 0 Å². The van der Waals surface area contributed by atoms with Gasteiger partial charge in [0.15, 0.2) is 23.1 Å². The second-order valence-corrected chi connectivity index (χ2v) is 5.64. The fourth-order valence-corrected chi connectivity index (χ4v) is 3.14. The highest BCUT2D eigenvalue weighted by atomic mass is 16.1. The molecule has 24 heavy (non-hydrogen) atoms. The van der Waals surface area contributed by atoms with Gasteiger partial charge in [0, 0.05) is 11.1 Å². The minimum Gasteiger partial charge on any atom is -0.397 e. The quantitative estimate of drug-likeness (QED) is 0.550. The molecule has 0 unspecified atom stereocenters. The normalized spacial score (nSPS) is 12.6. The van der Waals surface area contributed by atoms with E-state index in [1.165, 1.54) is 26.0 Å². The topological polar surface area (TPSA) is 120 Å². The second-order valence-electron chi connectivity index (χ2n) is 5.64. The van der Waals surface area contributed by atoms with Crippen LogP contribution in [-0.4, -0.2) is 23.1 Å². The Bertz CT molecular complexity index is 895. The molecule has 0 radical (unpaired) electrons. The SMILES string of the molecule is CC(=O)c1c(N)c2c(c(N)c1C(C)=O)C(=O)c1ccccc1C2=O. The molecular weight excluding hydrogens is 308 g/mol. The van der Waals surface area contributed by atoms with Gasteiger partial charge in [-0.1, -0.05) is 24.3 Å². The number of carbonyl (C=O) groups is 4. The number of nitrogen functional groups attached to an aromatic ring is 2. The number of rotatable bonds is 2. The van der Waals surface area contributed by atoms with Gasteiger partial charge in [-0.3, -0.25) is 19.2 Å². The van der Waals surface area contributed by atoms with Crippen LogP contribution in [0.3, 0.4) is 0 Å². The number of nitrogens with two attached hydrogens (primary N) is 2. The summed E-state index contributed by atoms with van der Waals surface area (Å²) in [6.45, 7) is 2.46. The summed E-state index contributed by atoms with van der Waals surface area (Å²) in [6.07, 6.45) is 0. The summed E-state index contributed by atoms with van der Waals surface area (Å²) in [5, 5.41) is 0. The van der Waals surface area contributed by atoms with Crippen molar-refractivity contribution < 1.29 is 19.2 Å². The fourth-order valence-electron chi connectivity index (χ4n) is 3.14. The first-order chi connectivity index (χ1) is 11.3. The molecule has 0 amide bonds. The molecule has 0 aromatic heterocycles. The highest BCUT2D eigenvalue weighted by molar-refractivity contribution is 6.34. The van der Waals surface area contributed by atoms with Gasteiger partial charge in [0.2, 0.25) is 0 Å². The van der Waals surface area contributed by atoms with Crippen LogP contribution in [0.5, 0.6) is 0 Å². The molecule has 0 atom stereocenters.